The second kappa shape index (κ2) is 6.32. The van der Waals surface area contributed by atoms with Gasteiger partial charge in [-0.05, 0) is 37.1 Å². The van der Waals surface area contributed by atoms with E-state index < -0.39 is 6.04 Å². The van der Waals surface area contributed by atoms with Crippen molar-refractivity contribution in [3.63, 3.8) is 0 Å². The van der Waals surface area contributed by atoms with Gasteiger partial charge in [0.25, 0.3) is 0 Å². The highest BCUT2D eigenvalue weighted by atomic mass is 19.1. The molecular formula is C12H17FN2O2. The molecule has 1 aromatic rings. The second-order valence-electron chi connectivity index (χ2n) is 3.84. The van der Waals surface area contributed by atoms with Crippen LogP contribution in [0.4, 0.5) is 10.1 Å². The maximum Gasteiger partial charge on any atom is 0.241 e. The lowest BCUT2D eigenvalue weighted by atomic mass is 10.2. The standard InChI is InChI=1S/C12H17FN2O2/c1-8-7-9(3-4-10(8)13)15-12(16)11(14)5-6-17-2/h3-4,7,11H,5-6,14H2,1-2H3,(H,15,16). The molecule has 0 aromatic heterocycles. The van der Waals surface area contributed by atoms with E-state index in [1.807, 2.05) is 0 Å². The summed E-state index contributed by atoms with van der Waals surface area (Å²) in [7, 11) is 1.55. The maximum absolute atomic E-state index is 13.0. The van der Waals surface area contributed by atoms with Crippen molar-refractivity contribution in [3.05, 3.63) is 29.6 Å². The quantitative estimate of drug-likeness (QED) is 0.818. The summed E-state index contributed by atoms with van der Waals surface area (Å²) in [6.45, 7) is 2.06. The van der Waals surface area contributed by atoms with Crippen molar-refractivity contribution in [3.8, 4) is 0 Å². The molecule has 5 heteroatoms. The van der Waals surface area contributed by atoms with Crippen molar-refractivity contribution < 1.29 is 13.9 Å². The van der Waals surface area contributed by atoms with E-state index in [9.17, 15) is 9.18 Å². The SMILES string of the molecule is COCCC(N)C(=O)Nc1ccc(F)c(C)c1. The molecule has 0 spiro atoms. The summed E-state index contributed by atoms with van der Waals surface area (Å²) < 4.78 is 17.8. The fourth-order valence-electron chi connectivity index (χ4n) is 1.33. The molecule has 4 nitrogen and oxygen atoms in total. The molecule has 0 saturated heterocycles. The van der Waals surface area contributed by atoms with Crippen molar-refractivity contribution >= 4 is 11.6 Å². The number of anilines is 1. The summed E-state index contributed by atoms with van der Waals surface area (Å²) >= 11 is 0. The van der Waals surface area contributed by atoms with E-state index in [-0.39, 0.29) is 11.7 Å². The summed E-state index contributed by atoms with van der Waals surface area (Å²) in [6.07, 6.45) is 0.447. The summed E-state index contributed by atoms with van der Waals surface area (Å²) in [5, 5.41) is 2.63. The first-order chi connectivity index (χ1) is 8.04. The number of amides is 1. The molecule has 17 heavy (non-hydrogen) atoms. The predicted molar refractivity (Wildman–Crippen MR) is 64.2 cm³/mol. The van der Waals surface area contributed by atoms with Crippen LogP contribution >= 0.6 is 0 Å². The van der Waals surface area contributed by atoms with Gasteiger partial charge in [0.1, 0.15) is 5.82 Å². The summed E-state index contributed by atoms with van der Waals surface area (Å²) in [5.74, 6) is -0.597. The molecule has 1 aromatic carbocycles. The van der Waals surface area contributed by atoms with Gasteiger partial charge in [-0.2, -0.15) is 0 Å². The average Bonchev–Trinajstić information content (AvgIpc) is 2.30. The normalized spacial score (nSPS) is 12.2. The molecule has 0 aliphatic heterocycles. The Morgan fingerprint density at radius 2 is 2.29 bits per heavy atom. The minimum atomic E-state index is -0.625. The van der Waals surface area contributed by atoms with Crippen LogP contribution in [0.25, 0.3) is 0 Å². The first-order valence-corrected chi connectivity index (χ1v) is 5.36. The van der Waals surface area contributed by atoms with E-state index in [1.165, 1.54) is 12.1 Å². The molecule has 0 aliphatic rings. The van der Waals surface area contributed by atoms with E-state index in [0.29, 0.717) is 24.3 Å². The van der Waals surface area contributed by atoms with Crippen LogP contribution in [-0.4, -0.2) is 25.7 Å². The number of nitrogens with two attached hydrogens (primary N) is 1. The highest BCUT2D eigenvalue weighted by Gasteiger charge is 2.13. The summed E-state index contributed by atoms with van der Waals surface area (Å²) in [5.41, 5.74) is 6.68. The van der Waals surface area contributed by atoms with Gasteiger partial charge in [0.2, 0.25) is 5.91 Å². The van der Waals surface area contributed by atoms with Crippen molar-refractivity contribution in [2.24, 2.45) is 5.73 Å². The Morgan fingerprint density at radius 3 is 2.88 bits per heavy atom. The molecule has 0 aliphatic carbocycles. The van der Waals surface area contributed by atoms with Gasteiger partial charge in [-0.25, -0.2) is 4.39 Å². The topological polar surface area (TPSA) is 64.3 Å². The Morgan fingerprint density at radius 1 is 1.59 bits per heavy atom. The minimum absolute atomic E-state index is 0.298. The first kappa shape index (κ1) is 13.6. The predicted octanol–water partition coefficient (Wildman–Crippen LogP) is 1.44. The number of nitrogens with one attached hydrogen (secondary N) is 1. The van der Waals surface area contributed by atoms with Crippen LogP contribution in [0.1, 0.15) is 12.0 Å². The number of ether oxygens (including phenoxy) is 1. The fraction of sp³-hybridized carbons (Fsp3) is 0.417. The van der Waals surface area contributed by atoms with Gasteiger partial charge in [0.05, 0.1) is 6.04 Å². The molecule has 3 N–H and O–H groups in total. The zero-order valence-corrected chi connectivity index (χ0v) is 10.00. The Bertz CT molecular complexity index is 396. The second-order valence-corrected chi connectivity index (χ2v) is 3.84. The third-order valence-corrected chi connectivity index (χ3v) is 2.40. The lowest BCUT2D eigenvalue weighted by Gasteiger charge is -2.12. The van der Waals surface area contributed by atoms with Crippen molar-refractivity contribution in [2.45, 2.75) is 19.4 Å². The number of rotatable bonds is 5. The van der Waals surface area contributed by atoms with Crippen molar-refractivity contribution in [1.29, 1.82) is 0 Å². The zero-order valence-electron chi connectivity index (χ0n) is 10.00. The Labute approximate surface area is 100.0 Å². The highest BCUT2D eigenvalue weighted by molar-refractivity contribution is 5.94. The maximum atomic E-state index is 13.0. The number of aryl methyl sites for hydroxylation is 1. The van der Waals surface area contributed by atoms with Gasteiger partial charge in [-0.3, -0.25) is 4.79 Å². The number of carbonyl (C=O) groups is 1. The lowest BCUT2D eigenvalue weighted by Crippen LogP contribution is -2.36. The molecule has 1 rings (SSSR count). The first-order valence-electron chi connectivity index (χ1n) is 5.36. The van der Waals surface area contributed by atoms with Crippen LogP contribution in [0.15, 0.2) is 18.2 Å². The van der Waals surface area contributed by atoms with E-state index in [2.05, 4.69) is 5.32 Å². The van der Waals surface area contributed by atoms with Gasteiger partial charge in [-0.1, -0.05) is 0 Å². The Kier molecular flexibility index (Phi) is 5.06. The summed E-state index contributed by atoms with van der Waals surface area (Å²) in [4.78, 5) is 11.6. The number of benzene rings is 1. The molecule has 0 heterocycles. The Hall–Kier alpha value is -1.46. The smallest absolute Gasteiger partial charge is 0.241 e. The molecular weight excluding hydrogens is 223 g/mol. The molecule has 1 unspecified atom stereocenters. The van der Waals surface area contributed by atoms with Gasteiger partial charge >= 0.3 is 0 Å². The van der Waals surface area contributed by atoms with E-state index >= 15 is 0 Å². The minimum Gasteiger partial charge on any atom is -0.385 e. The monoisotopic (exact) mass is 240 g/mol. The van der Waals surface area contributed by atoms with Gasteiger partial charge in [0.15, 0.2) is 0 Å². The summed E-state index contributed by atoms with van der Waals surface area (Å²) in [6, 6.07) is 3.76. The zero-order chi connectivity index (χ0) is 12.8. The van der Waals surface area contributed by atoms with Gasteiger partial charge < -0.3 is 15.8 Å². The largest absolute Gasteiger partial charge is 0.385 e. The van der Waals surface area contributed by atoms with Crippen molar-refractivity contribution in [2.75, 3.05) is 19.0 Å². The number of hydrogen-bond acceptors (Lipinski definition) is 3. The highest BCUT2D eigenvalue weighted by Crippen LogP contribution is 2.13. The molecule has 1 amide bonds. The number of halogens is 1. The van der Waals surface area contributed by atoms with E-state index in [4.69, 9.17) is 10.5 Å². The van der Waals surface area contributed by atoms with Crippen LogP contribution in [0, 0.1) is 12.7 Å². The number of hydrogen-bond donors (Lipinski definition) is 2. The van der Waals surface area contributed by atoms with E-state index in [0.717, 1.165) is 0 Å². The van der Waals surface area contributed by atoms with Crippen LogP contribution in [0.2, 0.25) is 0 Å². The Balaban J connectivity index is 2.58. The third kappa shape index (κ3) is 4.13. The van der Waals surface area contributed by atoms with Crippen molar-refractivity contribution in [1.82, 2.24) is 0 Å². The molecule has 0 saturated carbocycles. The third-order valence-electron chi connectivity index (χ3n) is 2.40. The van der Waals surface area contributed by atoms with Crippen LogP contribution in [0.5, 0.6) is 0 Å². The van der Waals surface area contributed by atoms with Crippen LogP contribution in [-0.2, 0) is 9.53 Å². The molecule has 1 atom stereocenters. The van der Waals surface area contributed by atoms with Crippen LogP contribution in [0.3, 0.4) is 0 Å². The van der Waals surface area contributed by atoms with E-state index in [1.54, 1.807) is 20.1 Å². The number of carbonyl (C=O) groups excluding carboxylic acids is 1. The fourth-order valence-corrected chi connectivity index (χ4v) is 1.33. The molecule has 0 bridgehead atoms. The van der Waals surface area contributed by atoms with Crippen LogP contribution < -0.4 is 11.1 Å². The number of methoxy groups -OCH3 is 1. The van der Waals surface area contributed by atoms with Gasteiger partial charge in [-0.15, -0.1) is 0 Å². The molecule has 94 valence electrons. The molecule has 0 fully saturated rings. The average molecular weight is 240 g/mol. The van der Waals surface area contributed by atoms with Gasteiger partial charge in [0, 0.05) is 19.4 Å². The molecule has 0 radical (unpaired) electrons. The lowest BCUT2D eigenvalue weighted by molar-refractivity contribution is -0.117.